The van der Waals surface area contributed by atoms with E-state index in [4.69, 9.17) is 56.8 Å². The SMILES string of the molecule is COc1ccc(COC[C@H]2O[C@H](OC[C@H]3O[C@H](O)[C@@H](OCc4ccccc4)[C@@H]3O[C@H]3O[C@H](COCc4ccc(OC)cc4)[C@@H](OCc4ccccc4)[C@@H]3O)[C@@H](O)[C@@H]2OCc2ccccc2)cc1. The van der Waals surface area contributed by atoms with Gasteiger partial charge in [0.15, 0.2) is 18.9 Å². The van der Waals surface area contributed by atoms with Crippen molar-refractivity contribution in [3.63, 3.8) is 0 Å². The van der Waals surface area contributed by atoms with Crippen LogP contribution < -0.4 is 9.47 Å². The molecule has 3 N–H and O–H groups in total. The lowest BCUT2D eigenvalue weighted by Gasteiger charge is -2.28. The van der Waals surface area contributed by atoms with Crippen LogP contribution in [0.3, 0.4) is 0 Å². The first-order chi connectivity index (χ1) is 32.8. The number of hydrogen-bond acceptors (Lipinski definition) is 15. The zero-order valence-corrected chi connectivity index (χ0v) is 37.6. The van der Waals surface area contributed by atoms with Gasteiger partial charge < -0.3 is 72.2 Å². The highest BCUT2D eigenvalue weighted by molar-refractivity contribution is 5.27. The summed E-state index contributed by atoms with van der Waals surface area (Å²) in [6, 6.07) is 43.8. The minimum Gasteiger partial charge on any atom is -0.497 e. The first-order valence-electron chi connectivity index (χ1n) is 22.5. The molecule has 0 unspecified atom stereocenters. The largest absolute Gasteiger partial charge is 0.497 e. The highest BCUT2D eigenvalue weighted by Gasteiger charge is 2.53. The second-order valence-electron chi connectivity index (χ2n) is 16.6. The van der Waals surface area contributed by atoms with E-state index >= 15 is 0 Å². The predicted molar refractivity (Wildman–Crippen MR) is 241 cm³/mol. The Morgan fingerprint density at radius 3 is 1.22 bits per heavy atom. The molecule has 8 rings (SSSR count). The minimum absolute atomic E-state index is 0.0715. The Morgan fingerprint density at radius 1 is 0.388 bits per heavy atom. The van der Waals surface area contributed by atoms with Gasteiger partial charge in [0, 0.05) is 0 Å². The van der Waals surface area contributed by atoms with E-state index in [0.717, 1.165) is 39.3 Å². The van der Waals surface area contributed by atoms with Crippen LogP contribution in [0.2, 0.25) is 0 Å². The second-order valence-corrected chi connectivity index (χ2v) is 16.6. The van der Waals surface area contributed by atoms with Crippen molar-refractivity contribution >= 4 is 0 Å². The fourth-order valence-corrected chi connectivity index (χ4v) is 8.20. The van der Waals surface area contributed by atoms with Gasteiger partial charge in [0.2, 0.25) is 0 Å². The molecule has 0 saturated carbocycles. The number of ether oxygens (including phenoxy) is 12. The van der Waals surface area contributed by atoms with Crippen LogP contribution in [0.1, 0.15) is 27.8 Å². The molecule has 0 aliphatic carbocycles. The number of methoxy groups -OCH3 is 2. The maximum absolute atomic E-state index is 11.9. The molecule has 3 heterocycles. The van der Waals surface area contributed by atoms with Crippen molar-refractivity contribution in [3.8, 4) is 11.5 Å². The van der Waals surface area contributed by atoms with Crippen molar-refractivity contribution in [2.75, 3.05) is 34.0 Å². The first kappa shape index (κ1) is 48.6. The molecule has 3 aliphatic heterocycles. The third kappa shape index (κ3) is 13.2. The highest BCUT2D eigenvalue weighted by Crippen LogP contribution is 2.35. The van der Waals surface area contributed by atoms with Gasteiger partial charge in [0.05, 0.1) is 67.1 Å². The Morgan fingerprint density at radius 2 is 0.776 bits per heavy atom. The molecule has 358 valence electrons. The third-order valence-electron chi connectivity index (χ3n) is 11.9. The number of aliphatic hydroxyl groups is 3. The summed E-state index contributed by atoms with van der Waals surface area (Å²) in [5.41, 5.74) is 4.54. The zero-order valence-electron chi connectivity index (χ0n) is 37.6. The summed E-state index contributed by atoms with van der Waals surface area (Å²) in [4.78, 5) is 0. The van der Waals surface area contributed by atoms with E-state index in [-0.39, 0.29) is 52.9 Å². The molecule has 5 aromatic rings. The number of hydrogen-bond donors (Lipinski definition) is 3. The van der Waals surface area contributed by atoms with Gasteiger partial charge in [-0.2, -0.15) is 0 Å². The molecule has 67 heavy (non-hydrogen) atoms. The van der Waals surface area contributed by atoms with Crippen LogP contribution in [0.4, 0.5) is 0 Å². The number of benzene rings is 5. The van der Waals surface area contributed by atoms with Crippen molar-refractivity contribution < 1.29 is 72.2 Å². The van der Waals surface area contributed by atoms with Crippen LogP contribution >= 0.6 is 0 Å². The van der Waals surface area contributed by atoms with Crippen LogP contribution in [0.5, 0.6) is 11.5 Å². The molecule has 0 aromatic heterocycles. The molecule has 15 heteroatoms. The summed E-state index contributed by atoms with van der Waals surface area (Å²) < 4.78 is 73.3. The van der Waals surface area contributed by atoms with E-state index < -0.39 is 73.8 Å². The molecule has 5 aromatic carbocycles. The van der Waals surface area contributed by atoms with Gasteiger partial charge in [-0.3, -0.25) is 0 Å². The molecule has 15 nitrogen and oxygen atoms in total. The topological polar surface area (TPSA) is 171 Å². The van der Waals surface area contributed by atoms with E-state index in [2.05, 4.69) is 0 Å². The van der Waals surface area contributed by atoms with Crippen molar-refractivity contribution in [3.05, 3.63) is 167 Å². The maximum atomic E-state index is 11.9. The summed E-state index contributed by atoms with van der Waals surface area (Å²) in [6.07, 6.45) is -12.6. The lowest BCUT2D eigenvalue weighted by atomic mass is 10.1. The number of aliphatic hydroxyl groups excluding tert-OH is 3. The van der Waals surface area contributed by atoms with Crippen LogP contribution in [-0.2, 0) is 80.4 Å². The number of rotatable bonds is 24. The minimum atomic E-state index is -1.45. The molecule has 0 spiro atoms. The average molecular weight is 925 g/mol. The molecule has 0 radical (unpaired) electrons. The lowest BCUT2D eigenvalue weighted by molar-refractivity contribution is -0.231. The fraction of sp³-hybridized carbons (Fsp3) is 0.423. The molecule has 12 atom stereocenters. The Bertz CT molecular complexity index is 2170. The summed E-state index contributed by atoms with van der Waals surface area (Å²) in [7, 11) is 3.22. The van der Waals surface area contributed by atoms with Crippen molar-refractivity contribution in [2.24, 2.45) is 0 Å². The van der Waals surface area contributed by atoms with Crippen LogP contribution in [-0.4, -0.2) is 123 Å². The highest BCUT2D eigenvalue weighted by atomic mass is 16.8. The van der Waals surface area contributed by atoms with Crippen molar-refractivity contribution in [2.45, 2.75) is 107 Å². The summed E-state index contributed by atoms with van der Waals surface area (Å²) >= 11 is 0. The van der Waals surface area contributed by atoms with Gasteiger partial charge in [-0.25, -0.2) is 0 Å². The van der Waals surface area contributed by atoms with E-state index in [9.17, 15) is 15.3 Å². The van der Waals surface area contributed by atoms with Gasteiger partial charge in [-0.1, -0.05) is 115 Å². The van der Waals surface area contributed by atoms with E-state index in [0.29, 0.717) is 0 Å². The van der Waals surface area contributed by atoms with Gasteiger partial charge in [-0.05, 0) is 52.1 Å². The molecule has 3 aliphatic rings. The Balaban J connectivity index is 0.959. The Kier molecular flexibility index (Phi) is 17.8. The molecule has 3 saturated heterocycles. The zero-order chi connectivity index (χ0) is 46.4. The Labute approximate surface area is 390 Å². The molecule has 0 amide bonds. The first-order valence-corrected chi connectivity index (χ1v) is 22.5. The molecular formula is C52H60O15. The Hall–Kier alpha value is -4.82. The summed E-state index contributed by atoms with van der Waals surface area (Å²) in [6.45, 7) is 1.06. The quantitative estimate of drug-likeness (QED) is 0.0710. The van der Waals surface area contributed by atoms with Crippen LogP contribution in [0.25, 0.3) is 0 Å². The van der Waals surface area contributed by atoms with E-state index in [1.54, 1.807) is 14.2 Å². The van der Waals surface area contributed by atoms with Crippen LogP contribution in [0, 0.1) is 0 Å². The molecule has 0 bridgehead atoms. The standard InChI is InChI=1S/C52H60O15/c1-56-39-22-18-37(19-23-39)26-58-31-41-46(60-28-34-12-6-3-7-13-34)44(53)51(65-41)63-33-43-48(49(50(55)64-43)62-30-36-16-10-5-11-17-36)67-52-45(54)47(61-29-35-14-8-4-9-15-35)42(66-52)32-59-27-38-20-24-40(57-2)25-21-38/h3-25,41-55H,26-33H2,1-2H3/t41-,42-,43-,44+,45+,46-,47-,48-,49+,50+,51+,52-/m1/s1. The average Bonchev–Trinajstić information content (AvgIpc) is 3.96. The van der Waals surface area contributed by atoms with Crippen molar-refractivity contribution in [1.29, 1.82) is 0 Å². The van der Waals surface area contributed by atoms with Gasteiger partial charge >= 0.3 is 0 Å². The molecular weight excluding hydrogens is 865 g/mol. The summed E-state index contributed by atoms with van der Waals surface area (Å²) in [5.74, 6) is 1.47. The molecule has 3 fully saturated rings. The second kappa shape index (κ2) is 24.5. The van der Waals surface area contributed by atoms with Gasteiger partial charge in [0.1, 0.15) is 66.4 Å². The summed E-state index contributed by atoms with van der Waals surface area (Å²) in [5, 5.41) is 34.9. The predicted octanol–water partition coefficient (Wildman–Crippen LogP) is 5.48. The fourth-order valence-electron chi connectivity index (χ4n) is 8.20. The van der Waals surface area contributed by atoms with Crippen molar-refractivity contribution in [1.82, 2.24) is 0 Å². The smallest absolute Gasteiger partial charge is 0.187 e. The monoisotopic (exact) mass is 924 g/mol. The van der Waals surface area contributed by atoms with Gasteiger partial charge in [-0.15, -0.1) is 0 Å². The third-order valence-corrected chi connectivity index (χ3v) is 11.9. The lowest BCUT2D eigenvalue weighted by Crippen LogP contribution is -2.45. The van der Waals surface area contributed by atoms with E-state index in [1.807, 2.05) is 140 Å². The maximum Gasteiger partial charge on any atom is 0.187 e. The van der Waals surface area contributed by atoms with Gasteiger partial charge in [0.25, 0.3) is 0 Å². The van der Waals surface area contributed by atoms with E-state index in [1.165, 1.54) is 0 Å². The van der Waals surface area contributed by atoms with Crippen LogP contribution in [0.15, 0.2) is 140 Å². The normalized spacial score (nSPS) is 28.2.